The molecule has 0 aromatic carbocycles. The Labute approximate surface area is 91.0 Å². The number of hydrogen-bond acceptors (Lipinski definition) is 4. The molecule has 78 valence electrons. The van der Waals surface area contributed by atoms with Crippen LogP contribution in [0.1, 0.15) is 6.92 Å². The molecule has 0 saturated heterocycles. The third-order valence-electron chi connectivity index (χ3n) is 1.83. The molecular weight excluding hydrogens is 213 g/mol. The number of thiophene rings is 1. The summed E-state index contributed by atoms with van der Waals surface area (Å²) in [6.07, 6.45) is 1.19. The maximum Gasteiger partial charge on any atom is 0.223 e. The Morgan fingerprint density at radius 3 is 3.07 bits per heavy atom. The van der Waals surface area contributed by atoms with Crippen molar-refractivity contribution in [1.29, 1.82) is 0 Å². The van der Waals surface area contributed by atoms with Crippen molar-refractivity contribution in [1.82, 2.24) is 9.97 Å². The molecule has 0 aliphatic heterocycles. The minimum absolute atomic E-state index is 0.357. The maximum absolute atomic E-state index is 13.4. The molecule has 0 bridgehead atoms. The fourth-order valence-corrected chi connectivity index (χ4v) is 1.91. The van der Waals surface area contributed by atoms with Crippen LogP contribution in [0.5, 0.6) is 0 Å². The Hall–Kier alpha value is -1.49. The molecule has 0 aliphatic rings. The van der Waals surface area contributed by atoms with E-state index in [4.69, 9.17) is 0 Å². The predicted octanol–water partition coefficient (Wildman–Crippen LogP) is 2.78. The van der Waals surface area contributed by atoms with E-state index in [1.807, 2.05) is 24.4 Å². The molecule has 3 nitrogen and oxygen atoms in total. The first-order valence-electron chi connectivity index (χ1n) is 4.61. The second kappa shape index (κ2) is 4.35. The van der Waals surface area contributed by atoms with Crippen LogP contribution in [0, 0.1) is 5.82 Å². The summed E-state index contributed by atoms with van der Waals surface area (Å²) in [6, 6.07) is 3.71. The second-order valence-corrected chi connectivity index (χ2v) is 3.85. The lowest BCUT2D eigenvalue weighted by atomic mass is 10.3. The van der Waals surface area contributed by atoms with Crippen molar-refractivity contribution >= 4 is 17.3 Å². The molecule has 15 heavy (non-hydrogen) atoms. The summed E-state index contributed by atoms with van der Waals surface area (Å²) in [6.45, 7) is 2.66. The van der Waals surface area contributed by atoms with Gasteiger partial charge in [-0.3, -0.25) is 0 Å². The van der Waals surface area contributed by atoms with Crippen molar-refractivity contribution in [3.8, 4) is 10.6 Å². The van der Waals surface area contributed by atoms with Crippen LogP contribution in [0.3, 0.4) is 0 Å². The molecule has 0 atom stereocenters. The van der Waals surface area contributed by atoms with E-state index in [1.54, 1.807) is 0 Å². The molecule has 0 fully saturated rings. The number of halogens is 1. The highest BCUT2D eigenvalue weighted by atomic mass is 32.1. The summed E-state index contributed by atoms with van der Waals surface area (Å²) in [7, 11) is 0. The van der Waals surface area contributed by atoms with Gasteiger partial charge in [-0.2, -0.15) is 0 Å². The minimum atomic E-state index is -0.390. The van der Waals surface area contributed by atoms with Crippen LogP contribution in [0.4, 0.5) is 10.3 Å². The van der Waals surface area contributed by atoms with Crippen LogP contribution in [-0.4, -0.2) is 16.5 Å². The first kappa shape index (κ1) is 10.0. The second-order valence-electron chi connectivity index (χ2n) is 2.90. The van der Waals surface area contributed by atoms with Crippen molar-refractivity contribution in [2.24, 2.45) is 0 Å². The highest BCUT2D eigenvalue weighted by molar-refractivity contribution is 7.13. The predicted molar refractivity (Wildman–Crippen MR) is 59.5 cm³/mol. The van der Waals surface area contributed by atoms with E-state index in [0.717, 1.165) is 11.4 Å². The number of rotatable bonds is 3. The summed E-state index contributed by atoms with van der Waals surface area (Å²) in [5, 5.41) is 4.85. The molecule has 0 aliphatic carbocycles. The highest BCUT2D eigenvalue weighted by Crippen LogP contribution is 2.25. The topological polar surface area (TPSA) is 37.8 Å². The Kier molecular flexibility index (Phi) is 2.91. The molecule has 0 unspecified atom stereocenters. The van der Waals surface area contributed by atoms with E-state index in [-0.39, 0.29) is 5.82 Å². The van der Waals surface area contributed by atoms with E-state index in [9.17, 15) is 4.39 Å². The van der Waals surface area contributed by atoms with Gasteiger partial charge in [0, 0.05) is 6.54 Å². The van der Waals surface area contributed by atoms with Crippen LogP contribution in [0.15, 0.2) is 23.7 Å². The normalized spacial score (nSPS) is 10.3. The third kappa shape index (κ3) is 2.12. The van der Waals surface area contributed by atoms with Crippen LogP contribution in [0.2, 0.25) is 0 Å². The number of hydrogen-bond donors (Lipinski definition) is 1. The van der Waals surface area contributed by atoms with Gasteiger partial charge in [0.2, 0.25) is 5.95 Å². The summed E-state index contributed by atoms with van der Waals surface area (Å²) >= 11 is 1.46. The van der Waals surface area contributed by atoms with Crippen molar-refractivity contribution in [3.63, 3.8) is 0 Å². The lowest BCUT2D eigenvalue weighted by molar-refractivity contribution is 0.619. The van der Waals surface area contributed by atoms with Gasteiger partial charge in [0.1, 0.15) is 5.69 Å². The van der Waals surface area contributed by atoms with Crippen LogP contribution >= 0.6 is 11.3 Å². The molecule has 2 aromatic heterocycles. The molecule has 0 spiro atoms. The molecular formula is C10H10FN3S. The fraction of sp³-hybridized carbons (Fsp3) is 0.200. The maximum atomic E-state index is 13.4. The Morgan fingerprint density at radius 2 is 2.40 bits per heavy atom. The van der Waals surface area contributed by atoms with Gasteiger partial charge in [-0.15, -0.1) is 11.3 Å². The molecule has 0 saturated carbocycles. The number of nitrogens with zero attached hydrogens (tertiary/aromatic N) is 2. The standard InChI is InChI=1S/C10H10FN3S/c1-2-12-10-13-6-7(11)9(14-10)8-4-3-5-15-8/h3-6H,2H2,1H3,(H,12,13,14). The zero-order chi connectivity index (χ0) is 10.7. The number of aromatic nitrogens is 2. The quantitative estimate of drug-likeness (QED) is 0.869. The molecule has 2 heterocycles. The molecule has 1 N–H and O–H groups in total. The molecule has 0 radical (unpaired) electrons. The van der Waals surface area contributed by atoms with Crippen molar-refractivity contribution < 1.29 is 4.39 Å². The smallest absolute Gasteiger partial charge is 0.223 e. The summed E-state index contributed by atoms with van der Waals surface area (Å²) in [4.78, 5) is 8.78. The van der Waals surface area contributed by atoms with Gasteiger partial charge in [-0.1, -0.05) is 6.07 Å². The van der Waals surface area contributed by atoms with Gasteiger partial charge in [-0.25, -0.2) is 14.4 Å². The average Bonchev–Trinajstić information content (AvgIpc) is 2.74. The number of nitrogens with one attached hydrogen (secondary N) is 1. The van der Waals surface area contributed by atoms with Gasteiger partial charge in [0.05, 0.1) is 11.1 Å². The van der Waals surface area contributed by atoms with E-state index >= 15 is 0 Å². The van der Waals surface area contributed by atoms with Crippen LogP contribution < -0.4 is 5.32 Å². The van der Waals surface area contributed by atoms with Gasteiger partial charge in [0.25, 0.3) is 0 Å². The van der Waals surface area contributed by atoms with E-state index < -0.39 is 0 Å². The molecule has 2 rings (SSSR count). The van der Waals surface area contributed by atoms with E-state index in [0.29, 0.717) is 11.6 Å². The summed E-state index contributed by atoms with van der Waals surface area (Å²) in [5.74, 6) is 0.0707. The Balaban J connectivity index is 2.41. The zero-order valence-corrected chi connectivity index (χ0v) is 9.01. The molecule has 0 amide bonds. The summed E-state index contributed by atoms with van der Waals surface area (Å²) in [5.41, 5.74) is 0.357. The minimum Gasteiger partial charge on any atom is -0.354 e. The SMILES string of the molecule is CCNc1ncc(F)c(-c2cccs2)n1. The lowest BCUT2D eigenvalue weighted by Gasteiger charge is -2.03. The van der Waals surface area contributed by atoms with Crippen molar-refractivity contribution in [2.75, 3.05) is 11.9 Å². The molecule has 2 aromatic rings. The van der Waals surface area contributed by atoms with E-state index in [1.165, 1.54) is 17.5 Å². The van der Waals surface area contributed by atoms with Crippen LogP contribution in [-0.2, 0) is 0 Å². The third-order valence-corrected chi connectivity index (χ3v) is 2.71. The van der Waals surface area contributed by atoms with Crippen molar-refractivity contribution in [2.45, 2.75) is 6.92 Å². The average molecular weight is 223 g/mol. The first-order chi connectivity index (χ1) is 7.31. The Bertz CT molecular complexity index is 442. The highest BCUT2D eigenvalue weighted by Gasteiger charge is 2.09. The van der Waals surface area contributed by atoms with E-state index in [2.05, 4.69) is 15.3 Å². The summed E-state index contributed by atoms with van der Waals surface area (Å²) < 4.78 is 13.4. The van der Waals surface area contributed by atoms with Gasteiger partial charge in [0.15, 0.2) is 5.82 Å². The molecule has 5 heteroatoms. The zero-order valence-electron chi connectivity index (χ0n) is 8.20. The number of anilines is 1. The first-order valence-corrected chi connectivity index (χ1v) is 5.49. The van der Waals surface area contributed by atoms with Crippen molar-refractivity contribution in [3.05, 3.63) is 29.5 Å². The largest absolute Gasteiger partial charge is 0.354 e. The monoisotopic (exact) mass is 223 g/mol. The Morgan fingerprint density at radius 1 is 1.53 bits per heavy atom. The lowest BCUT2D eigenvalue weighted by Crippen LogP contribution is -2.03. The van der Waals surface area contributed by atoms with Gasteiger partial charge < -0.3 is 5.32 Å². The fourth-order valence-electron chi connectivity index (χ4n) is 1.20. The van der Waals surface area contributed by atoms with Gasteiger partial charge in [-0.05, 0) is 18.4 Å². The van der Waals surface area contributed by atoms with Crippen LogP contribution in [0.25, 0.3) is 10.6 Å². The van der Waals surface area contributed by atoms with Gasteiger partial charge >= 0.3 is 0 Å².